The quantitative estimate of drug-likeness (QED) is 0.351. The number of carbonyl (C=O) groups excluding carboxylic acids is 2. The lowest BCUT2D eigenvalue weighted by Crippen LogP contribution is -2.16. The van der Waals surface area contributed by atoms with Crippen LogP contribution < -0.4 is 11.1 Å². The van der Waals surface area contributed by atoms with E-state index in [2.05, 4.69) is 31.3 Å². The number of pyridine rings is 1. The number of aryl methyl sites for hydroxylation is 2. The molecule has 0 fully saturated rings. The summed E-state index contributed by atoms with van der Waals surface area (Å²) in [4.78, 5) is 28.3. The third-order valence-electron chi connectivity index (χ3n) is 5.10. The first-order valence-corrected chi connectivity index (χ1v) is 11.4. The van der Waals surface area contributed by atoms with Crippen molar-refractivity contribution in [1.82, 2.24) is 14.8 Å². The Morgan fingerprint density at radius 2 is 1.97 bits per heavy atom. The van der Waals surface area contributed by atoms with Gasteiger partial charge in [-0.05, 0) is 60.5 Å². The molecule has 178 valence electrons. The molecule has 0 bridgehead atoms. The number of thiophene rings is 1. The zero-order valence-electron chi connectivity index (χ0n) is 18.0. The van der Waals surface area contributed by atoms with Gasteiger partial charge in [0.05, 0.1) is 28.1 Å². The molecule has 0 radical (unpaired) electrons. The van der Waals surface area contributed by atoms with Crippen LogP contribution in [0.4, 0.5) is 18.9 Å². The van der Waals surface area contributed by atoms with Crippen LogP contribution in [0.25, 0.3) is 10.2 Å². The second kappa shape index (κ2) is 8.55. The molecular formula is C21H17BrF3N5O3S. The molecule has 4 heterocycles. The predicted octanol–water partition coefficient (Wildman–Crippen LogP) is 5.19. The first kappa shape index (κ1) is 24.0. The van der Waals surface area contributed by atoms with Crippen LogP contribution in [-0.2, 0) is 12.7 Å². The van der Waals surface area contributed by atoms with Crippen LogP contribution in [0.3, 0.4) is 0 Å². The van der Waals surface area contributed by atoms with Crippen molar-refractivity contribution >= 4 is 55.0 Å². The maximum absolute atomic E-state index is 13.2. The number of amides is 2. The highest BCUT2D eigenvalue weighted by Crippen LogP contribution is 2.40. The Bertz CT molecular complexity index is 1450. The van der Waals surface area contributed by atoms with Crippen molar-refractivity contribution in [2.45, 2.75) is 33.5 Å². The number of hydrogen-bond acceptors (Lipinski definition) is 6. The van der Waals surface area contributed by atoms with Gasteiger partial charge >= 0.3 is 6.18 Å². The van der Waals surface area contributed by atoms with Crippen LogP contribution in [0.2, 0.25) is 0 Å². The summed E-state index contributed by atoms with van der Waals surface area (Å²) < 4.78 is 47.7. The molecule has 34 heavy (non-hydrogen) atoms. The fraction of sp³-hybridized carbons (Fsp3) is 0.238. The number of hydrogen-bond donors (Lipinski definition) is 2. The topological polar surface area (TPSA) is 116 Å². The van der Waals surface area contributed by atoms with Crippen LogP contribution in [0.15, 0.2) is 27.1 Å². The van der Waals surface area contributed by atoms with Crippen LogP contribution in [0.1, 0.15) is 48.6 Å². The molecule has 0 aliphatic carbocycles. The highest BCUT2D eigenvalue weighted by Gasteiger charge is 2.34. The smallest absolute Gasteiger partial charge is 0.433 e. The van der Waals surface area contributed by atoms with Gasteiger partial charge in [0.2, 0.25) is 0 Å². The van der Waals surface area contributed by atoms with Gasteiger partial charge in [0.25, 0.3) is 11.8 Å². The van der Waals surface area contributed by atoms with Gasteiger partial charge in [-0.1, -0.05) is 0 Å². The first-order valence-electron chi connectivity index (χ1n) is 9.77. The summed E-state index contributed by atoms with van der Waals surface area (Å²) in [5.41, 5.74) is 6.20. The van der Waals surface area contributed by atoms with E-state index in [-0.39, 0.29) is 38.6 Å². The van der Waals surface area contributed by atoms with E-state index in [1.165, 1.54) is 13.0 Å². The fourth-order valence-corrected chi connectivity index (χ4v) is 4.80. The lowest BCUT2D eigenvalue weighted by Gasteiger charge is -2.09. The van der Waals surface area contributed by atoms with E-state index in [4.69, 9.17) is 10.2 Å². The van der Waals surface area contributed by atoms with Crippen LogP contribution in [0, 0.1) is 20.8 Å². The average Bonchev–Trinajstić information content (AvgIpc) is 3.42. The molecule has 0 aliphatic heterocycles. The van der Waals surface area contributed by atoms with E-state index in [0.717, 1.165) is 21.9 Å². The van der Waals surface area contributed by atoms with E-state index < -0.39 is 23.7 Å². The summed E-state index contributed by atoms with van der Waals surface area (Å²) in [6, 6.07) is 3.92. The normalized spacial score (nSPS) is 11.9. The van der Waals surface area contributed by atoms with Gasteiger partial charge in [0, 0.05) is 5.39 Å². The number of rotatable bonds is 5. The third-order valence-corrected chi connectivity index (χ3v) is 7.34. The van der Waals surface area contributed by atoms with Gasteiger partial charge in [-0.15, -0.1) is 11.3 Å². The van der Waals surface area contributed by atoms with E-state index >= 15 is 0 Å². The summed E-state index contributed by atoms with van der Waals surface area (Å²) in [5, 5.41) is 7.16. The molecule has 4 rings (SSSR count). The van der Waals surface area contributed by atoms with Crippen LogP contribution in [-0.4, -0.2) is 26.6 Å². The van der Waals surface area contributed by atoms with E-state index in [1.807, 2.05) is 13.8 Å². The van der Waals surface area contributed by atoms with Crippen molar-refractivity contribution in [3.63, 3.8) is 0 Å². The maximum atomic E-state index is 13.2. The van der Waals surface area contributed by atoms with Crippen LogP contribution >= 0.6 is 27.3 Å². The largest absolute Gasteiger partial charge is 0.454 e. The average molecular weight is 556 g/mol. The lowest BCUT2D eigenvalue weighted by molar-refractivity contribution is -0.141. The number of fused-ring (bicyclic) bond motifs is 1. The number of carbonyl (C=O) groups is 2. The number of nitrogens with two attached hydrogens (primary N) is 1. The highest BCUT2D eigenvalue weighted by molar-refractivity contribution is 9.10. The van der Waals surface area contributed by atoms with Crippen LogP contribution in [0.5, 0.6) is 0 Å². The second-order valence-corrected chi connectivity index (χ2v) is 9.33. The van der Waals surface area contributed by atoms with Crippen molar-refractivity contribution in [1.29, 1.82) is 0 Å². The van der Waals surface area contributed by atoms with Crippen molar-refractivity contribution < 1.29 is 27.2 Å². The minimum absolute atomic E-state index is 0.00310. The maximum Gasteiger partial charge on any atom is 0.433 e. The Labute approximate surface area is 203 Å². The van der Waals surface area contributed by atoms with Gasteiger partial charge in [0.15, 0.2) is 5.76 Å². The minimum Gasteiger partial charge on any atom is -0.454 e. The fourth-order valence-electron chi connectivity index (χ4n) is 3.46. The zero-order chi connectivity index (χ0) is 24.9. The summed E-state index contributed by atoms with van der Waals surface area (Å²) in [6.45, 7) is 5.45. The summed E-state index contributed by atoms with van der Waals surface area (Å²) in [5.74, 6) is -1.19. The Hall–Kier alpha value is -3.19. The molecule has 4 aromatic heterocycles. The monoisotopic (exact) mass is 555 g/mol. The zero-order valence-corrected chi connectivity index (χ0v) is 20.4. The number of furan rings is 1. The molecule has 8 nitrogen and oxygen atoms in total. The second-order valence-electron chi connectivity index (χ2n) is 7.54. The first-order chi connectivity index (χ1) is 15.9. The van der Waals surface area contributed by atoms with E-state index in [0.29, 0.717) is 17.1 Å². The number of nitrogens with zero attached hydrogens (tertiary/aromatic N) is 3. The van der Waals surface area contributed by atoms with E-state index in [9.17, 15) is 22.8 Å². The van der Waals surface area contributed by atoms with Gasteiger partial charge in [-0.3, -0.25) is 14.3 Å². The standard InChI is InChI=1S/C21H17BrF3N5O3S/c1-8-6-13(21(23,24)25)27-20-14(8)16(17(34-20)18(26)31)28-19(32)12-5-4-11(33-12)7-30-10(3)15(22)9(2)29-30/h4-6H,7H2,1-3H3,(H2,26,31)(H,28,32). The molecule has 0 saturated carbocycles. The van der Waals surface area contributed by atoms with Gasteiger partial charge in [-0.2, -0.15) is 18.3 Å². The highest BCUT2D eigenvalue weighted by atomic mass is 79.9. The van der Waals surface area contributed by atoms with Crippen molar-refractivity contribution in [3.05, 3.63) is 61.7 Å². The molecule has 0 atom stereocenters. The Balaban J connectivity index is 1.66. The molecule has 0 spiro atoms. The molecule has 2 amide bonds. The molecule has 3 N–H and O–H groups in total. The van der Waals surface area contributed by atoms with Gasteiger partial charge < -0.3 is 15.5 Å². The predicted molar refractivity (Wildman–Crippen MR) is 123 cm³/mol. The number of aromatic nitrogens is 3. The summed E-state index contributed by atoms with van der Waals surface area (Å²) in [6.07, 6.45) is -4.66. The third kappa shape index (κ3) is 4.32. The molecule has 13 heteroatoms. The lowest BCUT2D eigenvalue weighted by atomic mass is 10.1. The number of anilines is 1. The summed E-state index contributed by atoms with van der Waals surface area (Å²) >= 11 is 4.13. The molecule has 0 unspecified atom stereocenters. The SMILES string of the molecule is Cc1nn(Cc2ccc(C(=O)Nc3c(C(N)=O)sc4nc(C(F)(F)F)cc(C)c34)o2)c(C)c1Br. The number of halogens is 4. The number of nitrogens with one attached hydrogen (secondary N) is 1. The Morgan fingerprint density at radius 1 is 1.26 bits per heavy atom. The Kier molecular flexibility index (Phi) is 6.02. The minimum atomic E-state index is -4.66. The van der Waals surface area contributed by atoms with Crippen molar-refractivity contribution in [2.75, 3.05) is 5.32 Å². The van der Waals surface area contributed by atoms with E-state index in [1.54, 1.807) is 10.7 Å². The molecular weight excluding hydrogens is 539 g/mol. The molecule has 0 saturated heterocycles. The Morgan fingerprint density at radius 3 is 2.56 bits per heavy atom. The van der Waals surface area contributed by atoms with Crippen molar-refractivity contribution in [3.8, 4) is 0 Å². The number of primary amides is 1. The van der Waals surface area contributed by atoms with Crippen molar-refractivity contribution in [2.24, 2.45) is 5.73 Å². The van der Waals surface area contributed by atoms with Gasteiger partial charge in [-0.25, -0.2) is 4.98 Å². The molecule has 4 aromatic rings. The molecule has 0 aliphatic rings. The summed E-state index contributed by atoms with van der Waals surface area (Å²) in [7, 11) is 0. The number of alkyl halides is 3. The molecule has 0 aromatic carbocycles. The van der Waals surface area contributed by atoms with Gasteiger partial charge in [0.1, 0.15) is 21.2 Å².